The maximum Gasteiger partial charge on any atom is 0.223 e. The predicted octanol–water partition coefficient (Wildman–Crippen LogP) is 3.93. The van der Waals surface area contributed by atoms with Crippen molar-refractivity contribution in [3.05, 3.63) is 34.9 Å². The summed E-state index contributed by atoms with van der Waals surface area (Å²) < 4.78 is 0. The molecule has 2 nitrogen and oxygen atoms in total. The maximum atomic E-state index is 12.3. The smallest absolute Gasteiger partial charge is 0.223 e. The quantitative estimate of drug-likeness (QED) is 0.886. The summed E-state index contributed by atoms with van der Waals surface area (Å²) in [5.74, 6) is 0.512. The highest BCUT2D eigenvalue weighted by molar-refractivity contribution is 5.79. The molecule has 0 aliphatic heterocycles. The Morgan fingerprint density at radius 1 is 1.10 bits per heavy atom. The largest absolute Gasteiger partial charge is 0.349 e. The fraction of sp³-hybridized carbons (Fsp3) is 0.611. The second-order valence-electron chi connectivity index (χ2n) is 6.45. The molecule has 108 valence electrons. The molecule has 2 heteroatoms. The van der Waals surface area contributed by atoms with Crippen LogP contribution in [-0.2, 0) is 17.6 Å². The molecule has 0 bridgehead atoms. The van der Waals surface area contributed by atoms with Crippen molar-refractivity contribution in [2.24, 2.45) is 5.92 Å². The zero-order valence-corrected chi connectivity index (χ0v) is 12.5. The zero-order chi connectivity index (χ0) is 13.9. The summed E-state index contributed by atoms with van der Waals surface area (Å²) in [5, 5.41) is 3.22. The van der Waals surface area contributed by atoms with Gasteiger partial charge in [0.2, 0.25) is 5.91 Å². The van der Waals surface area contributed by atoms with Gasteiger partial charge in [-0.15, -0.1) is 0 Å². The first-order valence-corrected chi connectivity index (χ1v) is 8.16. The third-order valence-electron chi connectivity index (χ3n) is 4.96. The summed E-state index contributed by atoms with van der Waals surface area (Å²) in [6.07, 6.45) is 9.57. The lowest BCUT2D eigenvalue weighted by Gasteiger charge is -2.23. The molecule has 1 aromatic rings. The number of carbonyl (C=O) groups is 1. The molecule has 0 unspecified atom stereocenters. The minimum atomic E-state index is 0.135. The summed E-state index contributed by atoms with van der Waals surface area (Å²) in [6, 6.07) is 6.88. The molecule has 1 amide bonds. The second-order valence-corrected chi connectivity index (χ2v) is 6.45. The monoisotopic (exact) mass is 271 g/mol. The van der Waals surface area contributed by atoms with Gasteiger partial charge >= 0.3 is 0 Å². The standard InChI is InChI=1S/C18H25NO/c1-13(19-18(20)15-6-3-2-4-7-15)16-11-10-14-8-5-9-17(14)12-16/h10-13,15H,2-9H2,1H3,(H,19,20)/t13-/m1/s1. The van der Waals surface area contributed by atoms with E-state index in [1.165, 1.54) is 55.2 Å². The van der Waals surface area contributed by atoms with Crippen LogP contribution in [0.25, 0.3) is 0 Å². The Hall–Kier alpha value is -1.31. The van der Waals surface area contributed by atoms with E-state index < -0.39 is 0 Å². The van der Waals surface area contributed by atoms with Gasteiger partial charge in [-0.1, -0.05) is 37.5 Å². The molecule has 0 heterocycles. The van der Waals surface area contributed by atoms with Gasteiger partial charge in [0.05, 0.1) is 6.04 Å². The fourth-order valence-electron chi connectivity index (χ4n) is 3.64. The van der Waals surface area contributed by atoms with Crippen LogP contribution >= 0.6 is 0 Å². The van der Waals surface area contributed by atoms with Gasteiger partial charge in [0.1, 0.15) is 0 Å². The molecule has 1 saturated carbocycles. The Balaban J connectivity index is 1.63. The van der Waals surface area contributed by atoms with Gasteiger partial charge < -0.3 is 5.32 Å². The van der Waals surface area contributed by atoms with Crippen LogP contribution in [0, 0.1) is 5.92 Å². The van der Waals surface area contributed by atoms with E-state index in [-0.39, 0.29) is 17.9 Å². The maximum absolute atomic E-state index is 12.3. The van der Waals surface area contributed by atoms with E-state index in [4.69, 9.17) is 0 Å². The van der Waals surface area contributed by atoms with Crippen molar-refractivity contribution in [2.45, 2.75) is 64.3 Å². The highest BCUT2D eigenvalue weighted by atomic mass is 16.1. The molecule has 0 radical (unpaired) electrons. The third kappa shape index (κ3) is 2.89. The minimum absolute atomic E-state index is 0.135. The van der Waals surface area contributed by atoms with Gasteiger partial charge in [-0.05, 0) is 55.7 Å². The van der Waals surface area contributed by atoms with Crippen molar-refractivity contribution in [2.75, 3.05) is 0 Å². The molecule has 1 N–H and O–H groups in total. The lowest BCUT2D eigenvalue weighted by molar-refractivity contribution is -0.126. The number of benzene rings is 1. The normalized spacial score (nSPS) is 20.4. The van der Waals surface area contributed by atoms with Crippen molar-refractivity contribution in [1.82, 2.24) is 5.32 Å². The van der Waals surface area contributed by atoms with E-state index in [1.54, 1.807) is 0 Å². The topological polar surface area (TPSA) is 29.1 Å². The van der Waals surface area contributed by atoms with Gasteiger partial charge in [-0.25, -0.2) is 0 Å². The lowest BCUT2D eigenvalue weighted by Crippen LogP contribution is -2.33. The highest BCUT2D eigenvalue weighted by Crippen LogP contribution is 2.27. The van der Waals surface area contributed by atoms with E-state index in [0.717, 1.165) is 12.8 Å². The Bertz CT molecular complexity index is 488. The number of hydrogen-bond acceptors (Lipinski definition) is 1. The van der Waals surface area contributed by atoms with Crippen LogP contribution in [0.2, 0.25) is 0 Å². The summed E-state index contributed by atoms with van der Waals surface area (Å²) in [5.41, 5.74) is 4.25. The number of hydrogen-bond donors (Lipinski definition) is 1. The molecule has 2 aliphatic carbocycles. The van der Waals surface area contributed by atoms with Crippen molar-refractivity contribution in [3.63, 3.8) is 0 Å². The first-order valence-electron chi connectivity index (χ1n) is 8.16. The summed E-state index contributed by atoms with van der Waals surface area (Å²) in [6.45, 7) is 2.11. The first-order chi connectivity index (χ1) is 9.74. The molecule has 1 aromatic carbocycles. The summed E-state index contributed by atoms with van der Waals surface area (Å²) in [7, 11) is 0. The van der Waals surface area contributed by atoms with Crippen LogP contribution in [0.15, 0.2) is 18.2 Å². The van der Waals surface area contributed by atoms with Crippen molar-refractivity contribution >= 4 is 5.91 Å². The van der Waals surface area contributed by atoms with Gasteiger partial charge in [0, 0.05) is 5.92 Å². The Kier molecular flexibility index (Phi) is 4.09. The SMILES string of the molecule is C[C@@H](NC(=O)C1CCCCC1)c1ccc2c(c1)CCC2. The van der Waals surface area contributed by atoms with E-state index in [2.05, 4.69) is 30.4 Å². The number of amides is 1. The molecule has 0 spiro atoms. The van der Waals surface area contributed by atoms with Crippen LogP contribution in [0.5, 0.6) is 0 Å². The lowest BCUT2D eigenvalue weighted by atomic mass is 9.88. The minimum Gasteiger partial charge on any atom is -0.349 e. The average Bonchev–Trinajstić information content (AvgIpc) is 2.95. The van der Waals surface area contributed by atoms with Gasteiger partial charge in [0.25, 0.3) is 0 Å². The molecule has 1 atom stereocenters. The Morgan fingerprint density at radius 2 is 1.85 bits per heavy atom. The zero-order valence-electron chi connectivity index (χ0n) is 12.5. The van der Waals surface area contributed by atoms with Crippen LogP contribution in [0.1, 0.15) is 68.2 Å². The molecule has 1 fully saturated rings. The fourth-order valence-corrected chi connectivity index (χ4v) is 3.64. The average molecular weight is 271 g/mol. The molecular formula is C18H25NO. The first kappa shape index (κ1) is 13.7. The van der Waals surface area contributed by atoms with Gasteiger partial charge in [0.15, 0.2) is 0 Å². The number of aryl methyl sites for hydroxylation is 2. The van der Waals surface area contributed by atoms with Crippen molar-refractivity contribution in [3.8, 4) is 0 Å². The number of carbonyl (C=O) groups excluding carboxylic acids is 1. The number of rotatable bonds is 3. The summed E-state index contributed by atoms with van der Waals surface area (Å²) in [4.78, 5) is 12.3. The molecular weight excluding hydrogens is 246 g/mol. The van der Waals surface area contributed by atoms with E-state index in [9.17, 15) is 4.79 Å². The van der Waals surface area contributed by atoms with Gasteiger partial charge in [-0.2, -0.15) is 0 Å². The molecule has 3 rings (SSSR count). The molecule has 20 heavy (non-hydrogen) atoms. The summed E-state index contributed by atoms with van der Waals surface area (Å²) >= 11 is 0. The van der Waals surface area contributed by atoms with E-state index in [0.29, 0.717) is 0 Å². The van der Waals surface area contributed by atoms with Crippen molar-refractivity contribution in [1.29, 1.82) is 0 Å². The van der Waals surface area contributed by atoms with Crippen LogP contribution in [0.3, 0.4) is 0 Å². The third-order valence-corrected chi connectivity index (χ3v) is 4.96. The Morgan fingerprint density at radius 3 is 2.65 bits per heavy atom. The van der Waals surface area contributed by atoms with Crippen LogP contribution in [-0.4, -0.2) is 5.91 Å². The second kappa shape index (κ2) is 5.99. The van der Waals surface area contributed by atoms with Crippen molar-refractivity contribution < 1.29 is 4.79 Å². The highest BCUT2D eigenvalue weighted by Gasteiger charge is 2.23. The number of nitrogens with one attached hydrogen (secondary N) is 1. The molecule has 2 aliphatic rings. The van der Waals surface area contributed by atoms with Crippen LogP contribution < -0.4 is 5.32 Å². The van der Waals surface area contributed by atoms with E-state index >= 15 is 0 Å². The Labute approximate surface area is 122 Å². The predicted molar refractivity (Wildman–Crippen MR) is 81.6 cm³/mol. The molecule has 0 saturated heterocycles. The van der Waals surface area contributed by atoms with Gasteiger partial charge in [-0.3, -0.25) is 4.79 Å². The number of fused-ring (bicyclic) bond motifs is 1. The van der Waals surface area contributed by atoms with E-state index in [1.807, 2.05) is 0 Å². The molecule has 0 aromatic heterocycles. The van der Waals surface area contributed by atoms with Crippen LogP contribution in [0.4, 0.5) is 0 Å².